The number of hydrogen-bond donors (Lipinski definition) is 1. The molecule has 1 aliphatic heterocycles. The maximum Gasteiger partial charge on any atom is 0.163 e. The molecule has 1 aliphatic rings. The van der Waals surface area contributed by atoms with Gasteiger partial charge in [0.25, 0.3) is 0 Å². The summed E-state index contributed by atoms with van der Waals surface area (Å²) < 4.78 is 2.24. The molecule has 3 rings (SSSR count). The van der Waals surface area contributed by atoms with Crippen molar-refractivity contribution in [2.24, 2.45) is 11.7 Å². The zero-order chi connectivity index (χ0) is 15.0. The average Bonchev–Trinajstić information content (AvgIpc) is 2.89. The number of hydrogen-bond acceptors (Lipinski definition) is 3. The number of aromatic nitrogens is 3. The second-order valence-corrected chi connectivity index (χ2v) is 7.02. The first-order chi connectivity index (χ1) is 9.99. The van der Waals surface area contributed by atoms with E-state index < -0.39 is 0 Å². The summed E-state index contributed by atoms with van der Waals surface area (Å²) in [6, 6.07) is 8.70. The van der Waals surface area contributed by atoms with Gasteiger partial charge in [-0.3, -0.25) is 0 Å². The molecular formula is C17H24N4. The summed E-state index contributed by atoms with van der Waals surface area (Å²) in [6.45, 7) is 8.36. The summed E-state index contributed by atoms with van der Waals surface area (Å²) in [5.74, 6) is 2.61. The van der Waals surface area contributed by atoms with Gasteiger partial charge in [-0.2, -0.15) is 0 Å². The molecule has 4 heteroatoms. The van der Waals surface area contributed by atoms with E-state index in [1.807, 2.05) is 0 Å². The Hall–Kier alpha value is -1.68. The molecule has 0 saturated carbocycles. The molecule has 1 aromatic heterocycles. The van der Waals surface area contributed by atoms with Crippen LogP contribution < -0.4 is 5.73 Å². The third-order valence-electron chi connectivity index (χ3n) is 4.39. The lowest BCUT2D eigenvalue weighted by Gasteiger charge is -2.23. The van der Waals surface area contributed by atoms with E-state index in [1.165, 1.54) is 5.56 Å². The Morgan fingerprint density at radius 1 is 1.19 bits per heavy atom. The molecule has 0 bridgehead atoms. The molecule has 2 heterocycles. The van der Waals surface area contributed by atoms with Crippen molar-refractivity contribution in [2.45, 2.75) is 45.6 Å². The molecule has 2 N–H and O–H groups in total. The van der Waals surface area contributed by atoms with Crippen LogP contribution in [0, 0.1) is 5.92 Å². The lowest BCUT2D eigenvalue weighted by Crippen LogP contribution is -2.26. The highest BCUT2D eigenvalue weighted by atomic mass is 15.3. The minimum absolute atomic E-state index is 0.174. The van der Waals surface area contributed by atoms with Crippen LogP contribution in [0.1, 0.15) is 38.6 Å². The molecule has 4 nitrogen and oxygen atoms in total. The Morgan fingerprint density at radius 2 is 1.90 bits per heavy atom. The molecule has 2 aromatic rings. The van der Waals surface area contributed by atoms with Crippen LogP contribution in [0.3, 0.4) is 0 Å². The summed E-state index contributed by atoms with van der Waals surface area (Å²) in [4.78, 5) is 0. The second kappa shape index (κ2) is 5.26. The van der Waals surface area contributed by atoms with Crippen LogP contribution in [-0.2, 0) is 18.4 Å². The van der Waals surface area contributed by atoms with Gasteiger partial charge in [-0.1, -0.05) is 45.0 Å². The Kier molecular flexibility index (Phi) is 3.57. The number of nitrogens with two attached hydrogens (primary N) is 1. The number of nitrogens with zero attached hydrogens (tertiary/aromatic N) is 3. The highest BCUT2D eigenvalue weighted by molar-refractivity contribution is 5.56. The van der Waals surface area contributed by atoms with Crippen LogP contribution >= 0.6 is 0 Å². The fourth-order valence-corrected chi connectivity index (χ4v) is 2.92. The van der Waals surface area contributed by atoms with Gasteiger partial charge in [-0.05, 0) is 29.9 Å². The van der Waals surface area contributed by atoms with Crippen molar-refractivity contribution in [1.29, 1.82) is 0 Å². The van der Waals surface area contributed by atoms with Crippen molar-refractivity contribution in [3.8, 4) is 11.4 Å². The summed E-state index contributed by atoms with van der Waals surface area (Å²) >= 11 is 0. The first-order valence-electron chi connectivity index (χ1n) is 7.72. The van der Waals surface area contributed by atoms with Crippen LogP contribution in [0.25, 0.3) is 11.4 Å². The smallest absolute Gasteiger partial charge is 0.163 e. The Balaban J connectivity index is 1.93. The van der Waals surface area contributed by atoms with Crippen LogP contribution in [0.2, 0.25) is 0 Å². The maximum atomic E-state index is 5.83. The molecule has 0 fully saturated rings. The van der Waals surface area contributed by atoms with Crippen molar-refractivity contribution in [3.05, 3.63) is 35.7 Å². The Labute approximate surface area is 126 Å². The molecule has 0 saturated heterocycles. The Bertz CT molecular complexity index is 619. The lowest BCUT2D eigenvalue weighted by atomic mass is 9.86. The third kappa shape index (κ3) is 2.72. The van der Waals surface area contributed by atoms with E-state index in [0.717, 1.165) is 43.1 Å². The molecular weight excluding hydrogens is 260 g/mol. The van der Waals surface area contributed by atoms with Crippen LogP contribution in [0.15, 0.2) is 24.3 Å². The molecule has 0 radical (unpaired) electrons. The van der Waals surface area contributed by atoms with Gasteiger partial charge in [0.1, 0.15) is 5.82 Å². The molecule has 0 spiro atoms. The van der Waals surface area contributed by atoms with E-state index >= 15 is 0 Å². The summed E-state index contributed by atoms with van der Waals surface area (Å²) in [5, 5.41) is 8.75. The summed E-state index contributed by atoms with van der Waals surface area (Å²) in [5.41, 5.74) is 8.48. The van der Waals surface area contributed by atoms with Gasteiger partial charge in [0.2, 0.25) is 0 Å². The fourth-order valence-electron chi connectivity index (χ4n) is 2.92. The van der Waals surface area contributed by atoms with E-state index in [-0.39, 0.29) is 5.41 Å². The molecule has 112 valence electrons. The minimum atomic E-state index is 0.174. The second-order valence-electron chi connectivity index (χ2n) is 7.02. The van der Waals surface area contributed by atoms with Crippen molar-refractivity contribution >= 4 is 0 Å². The molecule has 0 aliphatic carbocycles. The topological polar surface area (TPSA) is 56.7 Å². The predicted molar refractivity (Wildman–Crippen MR) is 85.0 cm³/mol. The monoisotopic (exact) mass is 284 g/mol. The first kappa shape index (κ1) is 14.3. The SMILES string of the molecule is CC(C)(C)c1ccc(-c2nnc3n2CC(CN)CC3)cc1. The van der Waals surface area contributed by atoms with Gasteiger partial charge >= 0.3 is 0 Å². The van der Waals surface area contributed by atoms with Crippen molar-refractivity contribution in [1.82, 2.24) is 14.8 Å². The molecule has 0 amide bonds. The fraction of sp³-hybridized carbons (Fsp3) is 0.529. The van der Waals surface area contributed by atoms with Crippen LogP contribution in [0.5, 0.6) is 0 Å². The van der Waals surface area contributed by atoms with Crippen LogP contribution in [0.4, 0.5) is 0 Å². The van der Waals surface area contributed by atoms with Gasteiger partial charge in [0.05, 0.1) is 0 Å². The normalized spacial score (nSPS) is 18.6. The molecule has 1 atom stereocenters. The van der Waals surface area contributed by atoms with Gasteiger partial charge in [0.15, 0.2) is 5.82 Å². The van der Waals surface area contributed by atoms with E-state index in [9.17, 15) is 0 Å². The Morgan fingerprint density at radius 3 is 2.52 bits per heavy atom. The third-order valence-corrected chi connectivity index (χ3v) is 4.39. The van der Waals surface area contributed by atoms with E-state index in [2.05, 4.69) is 59.8 Å². The van der Waals surface area contributed by atoms with E-state index in [4.69, 9.17) is 5.73 Å². The quantitative estimate of drug-likeness (QED) is 0.922. The highest BCUT2D eigenvalue weighted by Gasteiger charge is 2.23. The number of rotatable bonds is 2. The van der Waals surface area contributed by atoms with Crippen molar-refractivity contribution in [3.63, 3.8) is 0 Å². The van der Waals surface area contributed by atoms with Gasteiger partial charge in [-0.25, -0.2) is 0 Å². The summed E-state index contributed by atoms with van der Waals surface area (Å²) in [7, 11) is 0. The maximum absolute atomic E-state index is 5.83. The summed E-state index contributed by atoms with van der Waals surface area (Å²) in [6.07, 6.45) is 2.10. The first-order valence-corrected chi connectivity index (χ1v) is 7.72. The van der Waals surface area contributed by atoms with Gasteiger partial charge in [-0.15, -0.1) is 10.2 Å². The van der Waals surface area contributed by atoms with Crippen molar-refractivity contribution < 1.29 is 0 Å². The standard InChI is InChI=1S/C17H24N4/c1-17(2,3)14-7-5-13(6-8-14)16-20-19-15-9-4-12(10-18)11-21(15)16/h5-8,12H,4,9-11,18H2,1-3H3. The zero-order valence-electron chi connectivity index (χ0n) is 13.1. The van der Waals surface area contributed by atoms with Crippen molar-refractivity contribution in [2.75, 3.05) is 6.54 Å². The number of fused-ring (bicyclic) bond motifs is 1. The zero-order valence-corrected chi connectivity index (χ0v) is 13.1. The predicted octanol–water partition coefficient (Wildman–Crippen LogP) is 2.76. The van der Waals surface area contributed by atoms with E-state index in [0.29, 0.717) is 5.92 Å². The number of benzene rings is 1. The molecule has 1 unspecified atom stereocenters. The van der Waals surface area contributed by atoms with Gasteiger partial charge < -0.3 is 10.3 Å². The highest BCUT2D eigenvalue weighted by Crippen LogP contribution is 2.28. The largest absolute Gasteiger partial charge is 0.330 e. The lowest BCUT2D eigenvalue weighted by molar-refractivity contribution is 0.375. The molecule has 21 heavy (non-hydrogen) atoms. The van der Waals surface area contributed by atoms with E-state index in [1.54, 1.807) is 0 Å². The number of aryl methyl sites for hydroxylation is 1. The minimum Gasteiger partial charge on any atom is -0.330 e. The van der Waals surface area contributed by atoms with Gasteiger partial charge in [0, 0.05) is 18.5 Å². The molecule has 1 aromatic carbocycles. The average molecular weight is 284 g/mol. The van der Waals surface area contributed by atoms with Crippen LogP contribution in [-0.4, -0.2) is 21.3 Å².